The van der Waals surface area contributed by atoms with Crippen LogP contribution in [0.1, 0.15) is 22.5 Å². The van der Waals surface area contributed by atoms with Gasteiger partial charge in [-0.05, 0) is 32.4 Å². The molecule has 0 aliphatic rings. The Morgan fingerprint density at radius 3 is 2.62 bits per heavy atom. The molecule has 84 valence electrons. The van der Waals surface area contributed by atoms with E-state index < -0.39 is 0 Å². The number of aromatic nitrogens is 3. The lowest BCUT2D eigenvalue weighted by molar-refractivity contribution is 0.797. The van der Waals surface area contributed by atoms with Crippen LogP contribution in [-0.4, -0.2) is 14.8 Å². The molecular weight excluding hydrogens is 222 g/mol. The molecule has 0 aliphatic carbocycles. The zero-order valence-corrected chi connectivity index (χ0v) is 10.4. The molecule has 4 heteroatoms. The number of rotatable bonds is 2. The second-order valence-corrected chi connectivity index (χ2v) is 4.09. The Balaban J connectivity index is 2.63. The first-order valence-electron chi connectivity index (χ1n) is 5.18. The Kier molecular flexibility index (Phi) is 2.97. The molecular formula is C12H14ClN3. The molecule has 0 amide bonds. The second-order valence-electron chi connectivity index (χ2n) is 3.83. The van der Waals surface area contributed by atoms with Crippen molar-refractivity contribution in [2.45, 2.75) is 26.7 Å². The summed E-state index contributed by atoms with van der Waals surface area (Å²) in [6, 6.07) is 3.86. The van der Waals surface area contributed by atoms with Crippen LogP contribution in [-0.2, 0) is 5.88 Å². The molecule has 2 aromatic rings. The monoisotopic (exact) mass is 235 g/mol. The molecule has 0 radical (unpaired) electrons. The number of alkyl halides is 1. The molecule has 16 heavy (non-hydrogen) atoms. The van der Waals surface area contributed by atoms with Crippen molar-refractivity contribution in [1.29, 1.82) is 0 Å². The predicted molar refractivity (Wildman–Crippen MR) is 65.1 cm³/mol. The quantitative estimate of drug-likeness (QED) is 0.750. The highest BCUT2D eigenvalue weighted by Gasteiger charge is 2.12. The Bertz CT molecular complexity index is 517. The fraction of sp³-hybridized carbons (Fsp3) is 0.333. The molecule has 2 heterocycles. The normalized spacial score (nSPS) is 10.8. The molecule has 0 atom stereocenters. The largest absolute Gasteiger partial charge is 0.237 e. The van der Waals surface area contributed by atoms with E-state index in [9.17, 15) is 0 Å². The molecule has 0 unspecified atom stereocenters. The van der Waals surface area contributed by atoms with Crippen molar-refractivity contribution in [2.75, 3.05) is 0 Å². The van der Waals surface area contributed by atoms with Crippen molar-refractivity contribution in [1.82, 2.24) is 14.8 Å². The number of aryl methyl sites for hydroxylation is 1. The van der Waals surface area contributed by atoms with Gasteiger partial charge in [0, 0.05) is 17.5 Å². The maximum atomic E-state index is 5.90. The van der Waals surface area contributed by atoms with Gasteiger partial charge in [-0.25, -0.2) is 9.67 Å². The number of hydrogen-bond acceptors (Lipinski definition) is 2. The minimum atomic E-state index is 0.445. The Morgan fingerprint density at radius 2 is 2.06 bits per heavy atom. The van der Waals surface area contributed by atoms with Crippen LogP contribution in [0.2, 0.25) is 0 Å². The lowest BCUT2D eigenvalue weighted by Crippen LogP contribution is -2.05. The van der Waals surface area contributed by atoms with Crippen molar-refractivity contribution < 1.29 is 0 Å². The van der Waals surface area contributed by atoms with Gasteiger partial charge < -0.3 is 0 Å². The van der Waals surface area contributed by atoms with Gasteiger partial charge in [-0.3, -0.25) is 0 Å². The van der Waals surface area contributed by atoms with Gasteiger partial charge in [0.05, 0.1) is 11.6 Å². The summed E-state index contributed by atoms with van der Waals surface area (Å²) in [7, 11) is 0. The van der Waals surface area contributed by atoms with Gasteiger partial charge in [-0.1, -0.05) is 6.07 Å². The van der Waals surface area contributed by atoms with E-state index in [2.05, 4.69) is 17.0 Å². The van der Waals surface area contributed by atoms with E-state index >= 15 is 0 Å². The summed E-state index contributed by atoms with van der Waals surface area (Å²) >= 11 is 5.90. The van der Waals surface area contributed by atoms with Crippen LogP contribution in [0.25, 0.3) is 5.82 Å². The molecule has 0 saturated heterocycles. The van der Waals surface area contributed by atoms with Crippen molar-refractivity contribution >= 4 is 11.6 Å². The smallest absolute Gasteiger partial charge is 0.158 e. The van der Waals surface area contributed by atoms with Crippen LogP contribution in [0.3, 0.4) is 0 Å². The lowest BCUT2D eigenvalue weighted by Gasteiger charge is -2.07. The van der Waals surface area contributed by atoms with Crippen LogP contribution in [0.5, 0.6) is 0 Å². The van der Waals surface area contributed by atoms with Gasteiger partial charge in [0.25, 0.3) is 0 Å². The van der Waals surface area contributed by atoms with E-state index in [1.54, 1.807) is 6.20 Å². The molecule has 0 aromatic carbocycles. The molecule has 0 N–H and O–H groups in total. The third-order valence-corrected chi connectivity index (χ3v) is 3.15. The standard InChI is InChI=1S/C12H14ClN3/c1-8-9(2)15-16(10(8)3)12-11(7-13)5-4-6-14-12/h4-6H,7H2,1-3H3. The highest BCUT2D eigenvalue weighted by molar-refractivity contribution is 6.17. The van der Waals surface area contributed by atoms with Crippen molar-refractivity contribution in [3.63, 3.8) is 0 Å². The van der Waals surface area contributed by atoms with E-state index in [0.29, 0.717) is 5.88 Å². The summed E-state index contributed by atoms with van der Waals surface area (Å²) in [4.78, 5) is 4.35. The summed E-state index contributed by atoms with van der Waals surface area (Å²) in [6.07, 6.45) is 1.76. The summed E-state index contributed by atoms with van der Waals surface area (Å²) in [5, 5.41) is 4.48. The first-order chi connectivity index (χ1) is 7.65. The van der Waals surface area contributed by atoms with Crippen LogP contribution in [0.15, 0.2) is 18.3 Å². The molecule has 2 rings (SSSR count). The molecule has 0 saturated carbocycles. The van der Waals surface area contributed by atoms with E-state index in [1.807, 2.05) is 30.7 Å². The third kappa shape index (κ3) is 1.71. The molecule has 0 fully saturated rings. The van der Waals surface area contributed by atoms with Gasteiger partial charge in [0.1, 0.15) is 0 Å². The van der Waals surface area contributed by atoms with Crippen molar-refractivity contribution in [2.24, 2.45) is 0 Å². The summed E-state index contributed by atoms with van der Waals surface area (Å²) in [6.45, 7) is 6.11. The molecule has 0 bridgehead atoms. The van der Waals surface area contributed by atoms with Crippen LogP contribution in [0.4, 0.5) is 0 Å². The first kappa shape index (κ1) is 11.1. The maximum Gasteiger partial charge on any atom is 0.158 e. The predicted octanol–water partition coefficient (Wildman–Crippen LogP) is 2.93. The van der Waals surface area contributed by atoms with E-state index in [-0.39, 0.29) is 0 Å². The Hall–Kier alpha value is -1.35. The lowest BCUT2D eigenvalue weighted by atomic mass is 10.2. The molecule has 2 aromatic heterocycles. The Morgan fingerprint density at radius 1 is 1.31 bits per heavy atom. The number of nitrogens with zero attached hydrogens (tertiary/aromatic N) is 3. The van der Waals surface area contributed by atoms with Gasteiger partial charge >= 0.3 is 0 Å². The van der Waals surface area contributed by atoms with Gasteiger partial charge in [0.15, 0.2) is 5.82 Å². The average Bonchev–Trinajstić information content (AvgIpc) is 2.57. The minimum absolute atomic E-state index is 0.445. The van der Waals surface area contributed by atoms with E-state index in [4.69, 9.17) is 11.6 Å². The first-order valence-corrected chi connectivity index (χ1v) is 5.71. The van der Waals surface area contributed by atoms with Gasteiger partial charge in [-0.2, -0.15) is 5.10 Å². The Labute approximate surface area is 100 Å². The third-order valence-electron chi connectivity index (χ3n) is 2.87. The SMILES string of the molecule is Cc1nn(-c2ncccc2CCl)c(C)c1C. The summed E-state index contributed by atoms with van der Waals surface area (Å²) in [5.74, 6) is 1.27. The fourth-order valence-corrected chi connectivity index (χ4v) is 1.86. The van der Waals surface area contributed by atoms with Crippen LogP contribution < -0.4 is 0 Å². The highest BCUT2D eigenvalue weighted by Crippen LogP contribution is 2.19. The average molecular weight is 236 g/mol. The van der Waals surface area contributed by atoms with Crippen LogP contribution >= 0.6 is 11.6 Å². The minimum Gasteiger partial charge on any atom is -0.237 e. The zero-order chi connectivity index (χ0) is 11.7. The van der Waals surface area contributed by atoms with E-state index in [0.717, 1.165) is 22.8 Å². The van der Waals surface area contributed by atoms with Gasteiger partial charge in [0.2, 0.25) is 0 Å². The fourth-order valence-electron chi connectivity index (χ4n) is 1.65. The van der Waals surface area contributed by atoms with Gasteiger partial charge in [-0.15, -0.1) is 11.6 Å². The van der Waals surface area contributed by atoms with Crippen molar-refractivity contribution in [3.05, 3.63) is 40.8 Å². The van der Waals surface area contributed by atoms with Crippen molar-refractivity contribution in [3.8, 4) is 5.82 Å². The molecule has 3 nitrogen and oxygen atoms in total. The molecule has 0 aliphatic heterocycles. The van der Waals surface area contributed by atoms with Crippen LogP contribution in [0, 0.1) is 20.8 Å². The number of halogens is 1. The van der Waals surface area contributed by atoms with E-state index in [1.165, 1.54) is 5.56 Å². The second kappa shape index (κ2) is 4.26. The summed E-state index contributed by atoms with van der Waals surface area (Å²) in [5.41, 5.74) is 4.34. The highest BCUT2D eigenvalue weighted by atomic mass is 35.5. The number of pyridine rings is 1. The number of hydrogen-bond donors (Lipinski definition) is 0. The molecule has 0 spiro atoms. The maximum absolute atomic E-state index is 5.90. The zero-order valence-electron chi connectivity index (χ0n) is 9.66. The summed E-state index contributed by atoms with van der Waals surface area (Å²) < 4.78 is 1.86. The topological polar surface area (TPSA) is 30.7 Å².